The molecule has 1 unspecified atom stereocenters. The number of aromatic nitrogens is 3. The molecule has 1 atom stereocenters. The van der Waals surface area contributed by atoms with Crippen LogP contribution < -0.4 is 10.6 Å². The quantitative estimate of drug-likeness (QED) is 0.789. The van der Waals surface area contributed by atoms with Crippen molar-refractivity contribution in [2.45, 2.75) is 45.1 Å². The molecule has 0 aliphatic carbocycles. The summed E-state index contributed by atoms with van der Waals surface area (Å²) >= 11 is 0. The van der Waals surface area contributed by atoms with Crippen molar-refractivity contribution < 1.29 is 4.79 Å². The van der Waals surface area contributed by atoms with Crippen LogP contribution in [-0.4, -0.2) is 33.8 Å². The molecule has 3 heterocycles. The first-order valence-electron chi connectivity index (χ1n) is 9.33. The first-order chi connectivity index (χ1) is 12.3. The predicted molar refractivity (Wildman–Crippen MR) is 112 cm³/mol. The van der Waals surface area contributed by atoms with Gasteiger partial charge in [-0.3, -0.25) is 4.79 Å². The third-order valence-electron chi connectivity index (χ3n) is 5.23. The second-order valence-corrected chi connectivity index (χ2v) is 7.07. The van der Waals surface area contributed by atoms with E-state index in [4.69, 9.17) is 0 Å². The van der Waals surface area contributed by atoms with E-state index in [2.05, 4.69) is 25.4 Å². The molecule has 2 aliphatic rings. The molecule has 2 aromatic rings. The van der Waals surface area contributed by atoms with E-state index >= 15 is 0 Å². The molecule has 1 aromatic carbocycles. The van der Waals surface area contributed by atoms with Crippen molar-refractivity contribution in [3.63, 3.8) is 0 Å². The highest BCUT2D eigenvalue weighted by atomic mass is 35.5. The molecule has 0 spiro atoms. The van der Waals surface area contributed by atoms with Crippen molar-refractivity contribution >= 4 is 36.4 Å². The first-order valence-corrected chi connectivity index (χ1v) is 9.33. The number of rotatable bonds is 5. The molecule has 1 saturated heterocycles. The largest absolute Gasteiger partial charge is 0.326 e. The molecule has 0 bridgehead atoms. The first kappa shape index (κ1) is 21.7. The van der Waals surface area contributed by atoms with Crippen LogP contribution in [0.3, 0.4) is 0 Å². The third kappa shape index (κ3) is 5.21. The van der Waals surface area contributed by atoms with E-state index in [0.717, 1.165) is 55.4 Å². The Morgan fingerprint density at radius 2 is 2.00 bits per heavy atom. The molecule has 2 N–H and O–H groups in total. The standard InChI is InChI=1S/C19H25N5O.2ClH/c25-18(9-4-14-10-11-20-13-14)21-16-7-5-15(6-8-16)19-23-22-17-3-1-2-12-24(17)19;;/h5-8,14,20H,1-4,9-13H2,(H,21,25);2*1H. The molecular formula is C19H27Cl2N5O. The van der Waals surface area contributed by atoms with Crippen molar-refractivity contribution in [1.29, 1.82) is 0 Å². The minimum atomic E-state index is 0. The normalized spacial score (nSPS) is 18.1. The Kier molecular flexibility index (Phi) is 8.07. The van der Waals surface area contributed by atoms with Crippen LogP contribution in [0, 0.1) is 5.92 Å². The number of fused-ring (bicyclic) bond motifs is 1. The molecule has 0 radical (unpaired) electrons. The van der Waals surface area contributed by atoms with E-state index in [-0.39, 0.29) is 30.7 Å². The van der Waals surface area contributed by atoms with Crippen molar-refractivity contribution in [1.82, 2.24) is 20.1 Å². The topological polar surface area (TPSA) is 71.8 Å². The molecule has 1 aromatic heterocycles. The number of nitrogens with zero attached hydrogens (tertiary/aromatic N) is 3. The fourth-order valence-electron chi connectivity index (χ4n) is 3.74. The Hall–Kier alpha value is -1.63. The number of nitrogens with one attached hydrogen (secondary N) is 2. The Morgan fingerprint density at radius 3 is 2.74 bits per heavy atom. The summed E-state index contributed by atoms with van der Waals surface area (Å²) in [6.07, 6.45) is 6.12. The van der Waals surface area contributed by atoms with Gasteiger partial charge in [-0.15, -0.1) is 35.0 Å². The lowest BCUT2D eigenvalue weighted by Crippen LogP contribution is -2.15. The number of benzene rings is 1. The Labute approximate surface area is 172 Å². The van der Waals surface area contributed by atoms with Crippen LogP contribution >= 0.6 is 24.8 Å². The van der Waals surface area contributed by atoms with Gasteiger partial charge < -0.3 is 15.2 Å². The predicted octanol–water partition coefficient (Wildman–Crippen LogP) is 3.45. The van der Waals surface area contributed by atoms with Gasteiger partial charge in [0, 0.05) is 30.6 Å². The number of halogens is 2. The SMILES string of the molecule is Cl.Cl.O=C(CCC1CCNC1)Nc1ccc(-c2nnc3n2CCCC3)cc1. The number of hydrogen-bond donors (Lipinski definition) is 2. The van der Waals surface area contributed by atoms with Crippen molar-refractivity contribution in [3.05, 3.63) is 30.1 Å². The zero-order chi connectivity index (χ0) is 17.1. The minimum absolute atomic E-state index is 0. The van der Waals surface area contributed by atoms with Gasteiger partial charge in [-0.2, -0.15) is 0 Å². The maximum absolute atomic E-state index is 12.1. The molecule has 1 amide bonds. The van der Waals surface area contributed by atoms with Crippen LogP contribution in [0.1, 0.15) is 37.9 Å². The Bertz CT molecular complexity index is 741. The number of anilines is 1. The summed E-state index contributed by atoms with van der Waals surface area (Å²) in [5.74, 6) is 2.76. The number of hydrogen-bond acceptors (Lipinski definition) is 4. The fourth-order valence-corrected chi connectivity index (χ4v) is 3.74. The van der Waals surface area contributed by atoms with Crippen LogP contribution in [0.4, 0.5) is 5.69 Å². The van der Waals surface area contributed by atoms with Gasteiger partial charge >= 0.3 is 0 Å². The summed E-state index contributed by atoms with van der Waals surface area (Å²) < 4.78 is 2.22. The van der Waals surface area contributed by atoms with Crippen molar-refractivity contribution in [3.8, 4) is 11.4 Å². The number of carbonyl (C=O) groups is 1. The minimum Gasteiger partial charge on any atom is -0.326 e. The number of carbonyl (C=O) groups excluding carboxylic acids is 1. The van der Waals surface area contributed by atoms with Crippen molar-refractivity contribution in [2.24, 2.45) is 5.92 Å². The molecule has 6 nitrogen and oxygen atoms in total. The maximum atomic E-state index is 12.1. The molecule has 4 rings (SSSR count). The molecule has 0 saturated carbocycles. The molecule has 2 aliphatic heterocycles. The molecule has 27 heavy (non-hydrogen) atoms. The number of amides is 1. The maximum Gasteiger partial charge on any atom is 0.224 e. The fraction of sp³-hybridized carbons (Fsp3) is 0.526. The lowest BCUT2D eigenvalue weighted by Gasteiger charge is -2.15. The molecular weight excluding hydrogens is 385 g/mol. The van der Waals surface area contributed by atoms with Crippen LogP contribution in [0.25, 0.3) is 11.4 Å². The summed E-state index contributed by atoms with van der Waals surface area (Å²) in [5.41, 5.74) is 1.90. The van der Waals surface area contributed by atoms with E-state index in [0.29, 0.717) is 12.3 Å². The van der Waals surface area contributed by atoms with Gasteiger partial charge in [0.2, 0.25) is 5.91 Å². The average molecular weight is 412 g/mol. The van der Waals surface area contributed by atoms with E-state index < -0.39 is 0 Å². The highest BCUT2D eigenvalue weighted by Gasteiger charge is 2.17. The van der Waals surface area contributed by atoms with Gasteiger partial charge in [-0.25, -0.2) is 0 Å². The van der Waals surface area contributed by atoms with Crippen LogP contribution in [0.2, 0.25) is 0 Å². The zero-order valence-electron chi connectivity index (χ0n) is 15.3. The smallest absolute Gasteiger partial charge is 0.224 e. The van der Waals surface area contributed by atoms with Crippen LogP contribution in [0.15, 0.2) is 24.3 Å². The Balaban J connectivity index is 0.00000131. The summed E-state index contributed by atoms with van der Waals surface area (Å²) in [5, 5.41) is 15.0. The third-order valence-corrected chi connectivity index (χ3v) is 5.23. The van der Waals surface area contributed by atoms with Gasteiger partial charge in [-0.1, -0.05) is 0 Å². The van der Waals surface area contributed by atoms with Gasteiger partial charge in [0.15, 0.2) is 5.82 Å². The summed E-state index contributed by atoms with van der Waals surface area (Å²) in [7, 11) is 0. The molecule has 8 heteroatoms. The van der Waals surface area contributed by atoms with E-state index in [1.165, 1.54) is 19.3 Å². The number of aryl methyl sites for hydroxylation is 1. The second-order valence-electron chi connectivity index (χ2n) is 7.07. The summed E-state index contributed by atoms with van der Waals surface area (Å²) in [4.78, 5) is 12.1. The van der Waals surface area contributed by atoms with Gasteiger partial charge in [0.1, 0.15) is 5.82 Å². The Morgan fingerprint density at radius 1 is 1.19 bits per heavy atom. The summed E-state index contributed by atoms with van der Waals surface area (Å²) in [6, 6.07) is 7.94. The van der Waals surface area contributed by atoms with E-state index in [9.17, 15) is 4.79 Å². The van der Waals surface area contributed by atoms with Gasteiger partial charge in [0.25, 0.3) is 0 Å². The zero-order valence-corrected chi connectivity index (χ0v) is 17.0. The van der Waals surface area contributed by atoms with Crippen molar-refractivity contribution in [2.75, 3.05) is 18.4 Å². The summed E-state index contributed by atoms with van der Waals surface area (Å²) in [6.45, 7) is 3.12. The average Bonchev–Trinajstić information content (AvgIpc) is 3.30. The van der Waals surface area contributed by atoms with E-state index in [1.54, 1.807) is 0 Å². The molecule has 1 fully saturated rings. The van der Waals surface area contributed by atoms with Gasteiger partial charge in [0.05, 0.1) is 0 Å². The van der Waals surface area contributed by atoms with Crippen LogP contribution in [0.5, 0.6) is 0 Å². The highest BCUT2D eigenvalue weighted by molar-refractivity contribution is 5.90. The van der Waals surface area contributed by atoms with Crippen LogP contribution in [-0.2, 0) is 17.8 Å². The van der Waals surface area contributed by atoms with Gasteiger partial charge in [-0.05, 0) is 69.0 Å². The second kappa shape index (κ2) is 10.1. The molecule has 148 valence electrons. The highest BCUT2D eigenvalue weighted by Crippen LogP contribution is 2.24. The van der Waals surface area contributed by atoms with E-state index in [1.807, 2.05) is 24.3 Å². The lowest BCUT2D eigenvalue weighted by atomic mass is 10.0. The lowest BCUT2D eigenvalue weighted by molar-refractivity contribution is -0.116. The monoisotopic (exact) mass is 411 g/mol.